The van der Waals surface area contributed by atoms with E-state index in [0.29, 0.717) is 6.04 Å². The van der Waals surface area contributed by atoms with Crippen LogP contribution in [0, 0.1) is 5.41 Å². The lowest BCUT2D eigenvalue weighted by atomic mass is 9.79. The van der Waals surface area contributed by atoms with Crippen molar-refractivity contribution >= 4 is 0 Å². The highest BCUT2D eigenvalue weighted by Crippen LogP contribution is 2.33. The minimum absolute atomic E-state index is 0.00782. The van der Waals surface area contributed by atoms with Gasteiger partial charge in [0.15, 0.2) is 0 Å². The topological polar surface area (TPSA) is 49.5 Å². The van der Waals surface area contributed by atoms with E-state index in [9.17, 15) is 5.11 Å². The lowest BCUT2D eigenvalue weighted by Gasteiger charge is -2.42. The van der Waals surface area contributed by atoms with Crippen LogP contribution in [0.15, 0.2) is 30.3 Å². The smallest absolute Gasteiger partial charge is 0.0586 e. The van der Waals surface area contributed by atoms with Crippen molar-refractivity contribution in [1.29, 1.82) is 0 Å². The Balaban J connectivity index is 2.05. The van der Waals surface area contributed by atoms with Crippen LogP contribution in [-0.2, 0) is 0 Å². The van der Waals surface area contributed by atoms with Gasteiger partial charge in [-0.1, -0.05) is 50.6 Å². The Hall–Kier alpha value is -0.900. The molecule has 1 aliphatic rings. The Bertz CT molecular complexity index is 405. The first-order chi connectivity index (χ1) is 9.54. The molecule has 0 aromatic heterocycles. The Labute approximate surface area is 122 Å². The van der Waals surface area contributed by atoms with Gasteiger partial charge in [-0.05, 0) is 30.4 Å². The normalized spacial score (nSPS) is 22.7. The molecule has 0 amide bonds. The Morgan fingerprint density at radius 2 is 2.00 bits per heavy atom. The minimum Gasteiger partial charge on any atom is -0.395 e. The van der Waals surface area contributed by atoms with E-state index in [1.807, 2.05) is 18.2 Å². The van der Waals surface area contributed by atoms with Crippen LogP contribution in [-0.4, -0.2) is 35.7 Å². The summed E-state index contributed by atoms with van der Waals surface area (Å²) < 4.78 is 0. The highest BCUT2D eigenvalue weighted by Gasteiger charge is 2.33. The first-order valence-electron chi connectivity index (χ1n) is 7.70. The first-order valence-corrected chi connectivity index (χ1v) is 7.70. The molecule has 1 saturated heterocycles. The predicted octanol–water partition coefficient (Wildman–Crippen LogP) is 2.56. The summed E-state index contributed by atoms with van der Waals surface area (Å²) in [6.45, 7) is 6.74. The monoisotopic (exact) mass is 276 g/mol. The van der Waals surface area contributed by atoms with Gasteiger partial charge in [-0.25, -0.2) is 0 Å². The molecule has 2 atom stereocenters. The molecule has 112 valence electrons. The molecular weight excluding hydrogens is 248 g/mol. The van der Waals surface area contributed by atoms with Gasteiger partial charge >= 0.3 is 0 Å². The van der Waals surface area contributed by atoms with Crippen LogP contribution in [0.5, 0.6) is 0 Å². The van der Waals surface area contributed by atoms with Crippen LogP contribution >= 0.6 is 0 Å². The molecule has 1 aromatic carbocycles. The van der Waals surface area contributed by atoms with Gasteiger partial charge in [0, 0.05) is 18.6 Å². The number of benzene rings is 1. The van der Waals surface area contributed by atoms with Crippen molar-refractivity contribution in [3.8, 4) is 0 Å². The lowest BCUT2D eigenvalue weighted by Crippen LogP contribution is -2.48. The molecule has 1 fully saturated rings. The summed E-state index contributed by atoms with van der Waals surface area (Å²) in [4.78, 5) is 2.42. The van der Waals surface area contributed by atoms with Crippen molar-refractivity contribution in [1.82, 2.24) is 4.90 Å². The number of nitrogens with two attached hydrogens (primary N) is 1. The van der Waals surface area contributed by atoms with Gasteiger partial charge in [0.25, 0.3) is 0 Å². The maximum Gasteiger partial charge on any atom is 0.0586 e. The van der Waals surface area contributed by atoms with Gasteiger partial charge in [-0.15, -0.1) is 0 Å². The summed E-state index contributed by atoms with van der Waals surface area (Å²) in [6.07, 6.45) is 3.56. The molecule has 3 heteroatoms. The van der Waals surface area contributed by atoms with E-state index in [-0.39, 0.29) is 18.1 Å². The zero-order valence-corrected chi connectivity index (χ0v) is 12.8. The van der Waals surface area contributed by atoms with Crippen LogP contribution in [0.1, 0.15) is 44.7 Å². The summed E-state index contributed by atoms with van der Waals surface area (Å²) in [6, 6.07) is 10.6. The van der Waals surface area contributed by atoms with Crippen LogP contribution in [0.25, 0.3) is 0 Å². The number of aliphatic hydroxyl groups is 1. The van der Waals surface area contributed by atoms with E-state index >= 15 is 0 Å². The number of piperidine rings is 1. The van der Waals surface area contributed by atoms with E-state index in [4.69, 9.17) is 5.73 Å². The molecule has 1 heterocycles. The van der Waals surface area contributed by atoms with Gasteiger partial charge in [-0.2, -0.15) is 0 Å². The Kier molecular flexibility index (Phi) is 5.19. The summed E-state index contributed by atoms with van der Waals surface area (Å²) in [7, 11) is 0. The fourth-order valence-electron chi connectivity index (χ4n) is 3.21. The lowest BCUT2D eigenvalue weighted by molar-refractivity contribution is 0.0496. The van der Waals surface area contributed by atoms with E-state index in [0.717, 1.165) is 19.5 Å². The maximum atomic E-state index is 9.54. The maximum absolute atomic E-state index is 9.54. The van der Waals surface area contributed by atoms with Crippen molar-refractivity contribution in [2.45, 2.75) is 45.2 Å². The molecule has 2 unspecified atom stereocenters. The zero-order chi connectivity index (χ0) is 14.6. The van der Waals surface area contributed by atoms with E-state index in [1.165, 1.54) is 18.4 Å². The summed E-state index contributed by atoms with van der Waals surface area (Å²) in [5.41, 5.74) is 7.67. The van der Waals surface area contributed by atoms with E-state index in [2.05, 4.69) is 30.9 Å². The van der Waals surface area contributed by atoms with E-state index < -0.39 is 0 Å². The summed E-state index contributed by atoms with van der Waals surface area (Å²) in [5.74, 6) is 0. The predicted molar refractivity (Wildman–Crippen MR) is 83.4 cm³/mol. The second-order valence-electron chi connectivity index (χ2n) is 6.68. The first kappa shape index (κ1) is 15.5. The molecule has 1 aromatic rings. The van der Waals surface area contributed by atoms with E-state index in [1.54, 1.807) is 0 Å². The molecule has 0 saturated carbocycles. The molecule has 3 N–H and O–H groups in total. The number of hydrogen-bond donors (Lipinski definition) is 2. The molecular formula is C17H28N2O. The van der Waals surface area contributed by atoms with Gasteiger partial charge in [0.05, 0.1) is 6.61 Å². The standard InChI is InChI=1S/C17H28N2O/c1-17(2,16(18)14-8-4-3-5-9-14)13-19-11-7-6-10-15(19)12-20/h3-5,8-9,15-16,20H,6-7,10-13,18H2,1-2H3. The van der Waals surface area contributed by atoms with Gasteiger partial charge in [0.1, 0.15) is 0 Å². The summed E-state index contributed by atoms with van der Waals surface area (Å²) in [5, 5.41) is 9.54. The van der Waals surface area contributed by atoms with Crippen molar-refractivity contribution in [3.63, 3.8) is 0 Å². The molecule has 20 heavy (non-hydrogen) atoms. The minimum atomic E-state index is -0.00782. The summed E-state index contributed by atoms with van der Waals surface area (Å²) >= 11 is 0. The van der Waals surface area contributed by atoms with Crippen molar-refractivity contribution in [2.75, 3.05) is 19.7 Å². The fourth-order valence-corrected chi connectivity index (χ4v) is 3.21. The third kappa shape index (κ3) is 3.60. The molecule has 3 nitrogen and oxygen atoms in total. The third-order valence-electron chi connectivity index (χ3n) is 4.57. The number of aliphatic hydroxyl groups excluding tert-OH is 1. The Morgan fingerprint density at radius 1 is 1.30 bits per heavy atom. The third-order valence-corrected chi connectivity index (χ3v) is 4.57. The van der Waals surface area contributed by atoms with Gasteiger partial charge in [0.2, 0.25) is 0 Å². The Morgan fingerprint density at radius 3 is 2.65 bits per heavy atom. The van der Waals surface area contributed by atoms with Gasteiger partial charge in [-0.3, -0.25) is 4.90 Å². The molecule has 0 radical (unpaired) electrons. The number of rotatable bonds is 5. The van der Waals surface area contributed by atoms with Crippen molar-refractivity contribution in [3.05, 3.63) is 35.9 Å². The molecule has 2 rings (SSSR count). The van der Waals surface area contributed by atoms with Crippen LogP contribution in [0.3, 0.4) is 0 Å². The van der Waals surface area contributed by atoms with Crippen LogP contribution in [0.4, 0.5) is 0 Å². The molecule has 0 aliphatic carbocycles. The molecule has 1 aliphatic heterocycles. The van der Waals surface area contributed by atoms with Crippen LogP contribution < -0.4 is 5.73 Å². The van der Waals surface area contributed by atoms with Crippen LogP contribution in [0.2, 0.25) is 0 Å². The van der Waals surface area contributed by atoms with Crippen molar-refractivity contribution < 1.29 is 5.11 Å². The quantitative estimate of drug-likeness (QED) is 0.869. The van der Waals surface area contributed by atoms with Gasteiger partial charge < -0.3 is 10.8 Å². The van der Waals surface area contributed by atoms with Crippen molar-refractivity contribution in [2.24, 2.45) is 11.1 Å². The zero-order valence-electron chi connectivity index (χ0n) is 12.8. The number of nitrogens with zero attached hydrogens (tertiary/aromatic N) is 1. The molecule has 0 bridgehead atoms. The number of hydrogen-bond acceptors (Lipinski definition) is 3. The SMILES string of the molecule is CC(C)(CN1CCCCC1CO)C(N)c1ccccc1. The fraction of sp³-hybridized carbons (Fsp3) is 0.647. The molecule has 0 spiro atoms. The second-order valence-corrected chi connectivity index (χ2v) is 6.68. The largest absolute Gasteiger partial charge is 0.395 e. The highest BCUT2D eigenvalue weighted by atomic mass is 16.3. The highest BCUT2D eigenvalue weighted by molar-refractivity contribution is 5.20. The number of likely N-dealkylation sites (tertiary alicyclic amines) is 1. The average Bonchev–Trinajstić information content (AvgIpc) is 2.47. The second kappa shape index (κ2) is 6.70. The average molecular weight is 276 g/mol.